The van der Waals surface area contributed by atoms with Crippen LogP contribution in [0.25, 0.3) is 61.4 Å². The van der Waals surface area contributed by atoms with Crippen LogP contribution >= 0.6 is 0 Å². The number of hydrogen-bond donors (Lipinski definition) is 0. The van der Waals surface area contributed by atoms with Gasteiger partial charge in [-0.15, -0.1) is 54.1 Å². The summed E-state index contributed by atoms with van der Waals surface area (Å²) in [6, 6.07) is 40.6. The number of para-hydroxylation sites is 1. The van der Waals surface area contributed by atoms with Gasteiger partial charge in [0.15, 0.2) is 0 Å². The fourth-order valence-corrected chi connectivity index (χ4v) is 5.35. The van der Waals surface area contributed by atoms with Crippen molar-refractivity contribution in [3.05, 3.63) is 139 Å². The third kappa shape index (κ3) is 6.00. The SMILES string of the molecule is Cc1ccc2c(n1)oc1c(-c3nc4cnc(C(C)(C)C)cc4n3-c3ccccc3)[c-]ccc12.[Ir].[c-]1ccccc1-c1ccccn1. The summed E-state index contributed by atoms with van der Waals surface area (Å²) in [6.07, 6.45) is 3.65. The zero-order valence-corrected chi connectivity index (χ0v) is 28.3. The minimum absolute atomic E-state index is 0. The molecule has 229 valence electrons. The second kappa shape index (κ2) is 12.8. The molecule has 0 atom stereocenters. The summed E-state index contributed by atoms with van der Waals surface area (Å²) in [7, 11) is 0. The summed E-state index contributed by atoms with van der Waals surface area (Å²) >= 11 is 0. The molecule has 3 aromatic carbocycles. The summed E-state index contributed by atoms with van der Waals surface area (Å²) in [5.74, 6) is 0.769. The van der Waals surface area contributed by atoms with Crippen molar-refractivity contribution in [2.75, 3.05) is 0 Å². The van der Waals surface area contributed by atoms with E-state index in [0.717, 1.165) is 67.1 Å². The van der Waals surface area contributed by atoms with Crippen molar-refractivity contribution in [1.29, 1.82) is 0 Å². The maximum absolute atomic E-state index is 6.27. The number of furan rings is 1. The van der Waals surface area contributed by atoms with Crippen LogP contribution in [0, 0.1) is 19.1 Å². The summed E-state index contributed by atoms with van der Waals surface area (Å²) in [5.41, 5.74) is 8.91. The Bertz CT molecular complexity index is 2220. The number of benzene rings is 3. The number of hydrogen-bond acceptors (Lipinski definition) is 5. The van der Waals surface area contributed by atoms with Crippen molar-refractivity contribution in [2.24, 2.45) is 0 Å². The van der Waals surface area contributed by atoms with Gasteiger partial charge >= 0.3 is 0 Å². The van der Waals surface area contributed by atoms with E-state index >= 15 is 0 Å². The topological polar surface area (TPSA) is 69.6 Å². The van der Waals surface area contributed by atoms with Crippen molar-refractivity contribution in [3.63, 3.8) is 0 Å². The number of rotatable bonds is 3. The Balaban J connectivity index is 0.000000241. The number of fused-ring (bicyclic) bond motifs is 4. The standard InChI is InChI=1S/C28H23N4O.C11H8N.Ir/c1-17-13-14-20-19-11-8-12-21(25(19)33-27(20)30-17)26-31-22-16-29-24(28(2,3)4)15-23(22)32(26)18-9-6-5-7-10-18;1-2-6-10(7-3-1)11-8-4-5-9-12-11;/h5-11,13-16H,1-4H3;1-6,8-9H;/q2*-1;. The van der Waals surface area contributed by atoms with Gasteiger partial charge in [-0.05, 0) is 49.0 Å². The molecule has 0 fully saturated rings. The van der Waals surface area contributed by atoms with Crippen molar-refractivity contribution >= 4 is 33.1 Å². The van der Waals surface area contributed by atoms with Gasteiger partial charge in [0.1, 0.15) is 0 Å². The number of aryl methyl sites for hydroxylation is 1. The first kappa shape index (κ1) is 31.0. The Labute approximate surface area is 281 Å². The second-order valence-corrected chi connectivity index (χ2v) is 11.9. The van der Waals surface area contributed by atoms with Gasteiger partial charge in [-0.25, -0.2) is 4.98 Å². The molecule has 5 heterocycles. The van der Waals surface area contributed by atoms with E-state index in [-0.39, 0.29) is 25.5 Å². The van der Waals surface area contributed by atoms with E-state index in [1.54, 1.807) is 6.20 Å². The molecule has 0 aliphatic heterocycles. The van der Waals surface area contributed by atoms with Gasteiger partial charge in [0.05, 0.1) is 28.6 Å². The predicted molar refractivity (Wildman–Crippen MR) is 180 cm³/mol. The molecule has 0 aliphatic carbocycles. The molecule has 0 unspecified atom stereocenters. The van der Waals surface area contributed by atoms with E-state index < -0.39 is 0 Å². The molecule has 6 nitrogen and oxygen atoms in total. The summed E-state index contributed by atoms with van der Waals surface area (Å²) in [6.45, 7) is 8.48. The molecule has 0 N–H and O–H groups in total. The Morgan fingerprint density at radius 1 is 0.761 bits per heavy atom. The van der Waals surface area contributed by atoms with Crippen LogP contribution in [-0.2, 0) is 25.5 Å². The van der Waals surface area contributed by atoms with Crippen LogP contribution < -0.4 is 0 Å². The van der Waals surface area contributed by atoms with Crippen LogP contribution in [0.1, 0.15) is 32.2 Å². The summed E-state index contributed by atoms with van der Waals surface area (Å²) in [4.78, 5) is 18.5. The number of pyridine rings is 3. The molecule has 0 saturated carbocycles. The van der Waals surface area contributed by atoms with Crippen molar-refractivity contribution in [3.8, 4) is 28.3 Å². The zero-order valence-electron chi connectivity index (χ0n) is 25.9. The smallest absolute Gasteiger partial charge is 0.216 e. The Kier molecular flexibility index (Phi) is 8.63. The van der Waals surface area contributed by atoms with E-state index in [0.29, 0.717) is 5.71 Å². The van der Waals surface area contributed by atoms with Crippen molar-refractivity contribution in [2.45, 2.75) is 33.1 Å². The number of imidazole rings is 1. The first-order chi connectivity index (χ1) is 21.9. The number of aromatic nitrogens is 5. The fraction of sp³-hybridized carbons (Fsp3) is 0.128. The third-order valence-corrected chi connectivity index (χ3v) is 7.63. The van der Waals surface area contributed by atoms with Crippen LogP contribution in [0.15, 0.2) is 120 Å². The minimum Gasteiger partial charge on any atom is -0.486 e. The van der Waals surface area contributed by atoms with Crippen LogP contribution in [0.5, 0.6) is 0 Å². The summed E-state index contributed by atoms with van der Waals surface area (Å²) < 4.78 is 8.44. The van der Waals surface area contributed by atoms with E-state index in [1.807, 2.05) is 92.0 Å². The van der Waals surface area contributed by atoms with E-state index in [1.165, 1.54) is 0 Å². The first-order valence-corrected chi connectivity index (χ1v) is 14.9. The van der Waals surface area contributed by atoms with Gasteiger partial charge in [-0.2, -0.15) is 0 Å². The molecule has 0 amide bonds. The molecular weight excluding hydrogens is 747 g/mol. The van der Waals surface area contributed by atoms with Crippen molar-refractivity contribution in [1.82, 2.24) is 24.5 Å². The first-order valence-electron chi connectivity index (χ1n) is 14.9. The number of nitrogens with zero attached hydrogens (tertiary/aromatic N) is 5. The van der Waals surface area contributed by atoms with Gasteiger partial charge < -0.3 is 14.0 Å². The van der Waals surface area contributed by atoms with Gasteiger partial charge in [0.25, 0.3) is 0 Å². The minimum atomic E-state index is -0.0749. The van der Waals surface area contributed by atoms with Crippen LogP contribution in [0.3, 0.4) is 0 Å². The molecule has 46 heavy (non-hydrogen) atoms. The molecule has 7 heteroatoms. The predicted octanol–water partition coefficient (Wildman–Crippen LogP) is 9.33. The second-order valence-electron chi connectivity index (χ2n) is 11.9. The molecule has 0 aliphatic rings. The van der Waals surface area contributed by atoms with Crippen LogP contribution in [0.4, 0.5) is 0 Å². The Morgan fingerprint density at radius 3 is 2.30 bits per heavy atom. The summed E-state index contributed by atoms with van der Waals surface area (Å²) in [5, 5.41) is 2.00. The van der Waals surface area contributed by atoms with E-state index in [4.69, 9.17) is 14.4 Å². The molecule has 5 aromatic heterocycles. The normalized spacial score (nSPS) is 11.3. The molecule has 0 spiro atoms. The molecule has 8 rings (SSSR count). The molecular formula is C39H31IrN5O-2. The third-order valence-electron chi connectivity index (χ3n) is 7.63. The van der Waals surface area contributed by atoms with E-state index in [9.17, 15) is 0 Å². The van der Waals surface area contributed by atoms with Crippen molar-refractivity contribution < 1.29 is 24.5 Å². The molecule has 0 saturated heterocycles. The maximum Gasteiger partial charge on any atom is 0.216 e. The fourth-order valence-electron chi connectivity index (χ4n) is 5.35. The molecule has 0 bridgehead atoms. The average Bonchev–Trinajstić information content (AvgIpc) is 3.63. The van der Waals surface area contributed by atoms with Gasteiger partial charge in [-0.1, -0.05) is 62.1 Å². The van der Waals surface area contributed by atoms with Gasteiger partial charge in [0.2, 0.25) is 5.71 Å². The molecule has 8 aromatic rings. The maximum atomic E-state index is 6.27. The van der Waals surface area contributed by atoms with Gasteiger partial charge in [-0.3, -0.25) is 9.97 Å². The quantitative estimate of drug-likeness (QED) is 0.167. The van der Waals surface area contributed by atoms with Gasteiger partial charge in [0, 0.05) is 54.2 Å². The molecule has 1 radical (unpaired) electrons. The zero-order chi connectivity index (χ0) is 31.0. The van der Waals surface area contributed by atoms with E-state index in [2.05, 4.69) is 71.7 Å². The van der Waals surface area contributed by atoms with Crippen LogP contribution in [0.2, 0.25) is 0 Å². The monoisotopic (exact) mass is 778 g/mol. The average molecular weight is 778 g/mol. The van der Waals surface area contributed by atoms with Crippen LogP contribution in [-0.4, -0.2) is 24.5 Å². The Morgan fingerprint density at radius 2 is 1.57 bits per heavy atom. The Hall–Kier alpha value is -4.97. The largest absolute Gasteiger partial charge is 0.486 e.